The van der Waals surface area contributed by atoms with Gasteiger partial charge in [0.1, 0.15) is 0 Å². The molecule has 0 heterocycles. The SMILES string of the molecule is Cc1cc(Nc2cccc(Cl)c2Cl)ccc1C#N. The number of hydrogen-bond acceptors (Lipinski definition) is 2. The predicted octanol–water partition coefficient (Wildman–Crippen LogP) is 4.92. The van der Waals surface area contributed by atoms with Gasteiger partial charge in [0, 0.05) is 5.69 Å². The Labute approximate surface area is 116 Å². The number of rotatable bonds is 2. The first-order chi connectivity index (χ1) is 8.61. The molecule has 4 heteroatoms. The summed E-state index contributed by atoms with van der Waals surface area (Å²) in [6.07, 6.45) is 0. The summed E-state index contributed by atoms with van der Waals surface area (Å²) in [4.78, 5) is 0. The van der Waals surface area contributed by atoms with E-state index in [1.165, 1.54) is 0 Å². The third-order valence-electron chi connectivity index (χ3n) is 2.58. The van der Waals surface area contributed by atoms with Crippen LogP contribution in [0.25, 0.3) is 0 Å². The summed E-state index contributed by atoms with van der Waals surface area (Å²) < 4.78 is 0. The zero-order chi connectivity index (χ0) is 13.1. The molecule has 2 nitrogen and oxygen atoms in total. The second kappa shape index (κ2) is 5.30. The number of nitrogens with zero attached hydrogens (tertiary/aromatic N) is 1. The number of anilines is 2. The van der Waals surface area contributed by atoms with Crippen molar-refractivity contribution in [2.75, 3.05) is 5.32 Å². The van der Waals surface area contributed by atoms with E-state index in [0.29, 0.717) is 15.6 Å². The van der Waals surface area contributed by atoms with E-state index in [-0.39, 0.29) is 0 Å². The highest BCUT2D eigenvalue weighted by atomic mass is 35.5. The van der Waals surface area contributed by atoms with Gasteiger partial charge >= 0.3 is 0 Å². The predicted molar refractivity (Wildman–Crippen MR) is 75.6 cm³/mol. The van der Waals surface area contributed by atoms with Crippen molar-refractivity contribution in [2.45, 2.75) is 6.92 Å². The van der Waals surface area contributed by atoms with E-state index in [9.17, 15) is 0 Å². The second-order valence-electron chi connectivity index (χ2n) is 3.87. The van der Waals surface area contributed by atoms with Crippen LogP contribution in [0.15, 0.2) is 36.4 Å². The fourth-order valence-corrected chi connectivity index (χ4v) is 1.97. The van der Waals surface area contributed by atoms with Crippen LogP contribution in [0.5, 0.6) is 0 Å². The summed E-state index contributed by atoms with van der Waals surface area (Å²) in [6, 6.07) is 13.1. The van der Waals surface area contributed by atoms with Gasteiger partial charge in [-0.05, 0) is 42.8 Å². The van der Waals surface area contributed by atoms with Crippen LogP contribution in [-0.4, -0.2) is 0 Å². The maximum absolute atomic E-state index is 8.87. The lowest BCUT2D eigenvalue weighted by Gasteiger charge is -2.10. The molecule has 0 aliphatic heterocycles. The minimum absolute atomic E-state index is 0.487. The monoisotopic (exact) mass is 276 g/mol. The van der Waals surface area contributed by atoms with Gasteiger partial charge in [0.2, 0.25) is 0 Å². The van der Waals surface area contributed by atoms with Gasteiger partial charge in [0.15, 0.2) is 0 Å². The van der Waals surface area contributed by atoms with E-state index in [1.807, 2.05) is 31.2 Å². The normalized spacial score (nSPS) is 9.89. The maximum Gasteiger partial charge on any atom is 0.0994 e. The molecule has 1 N–H and O–H groups in total. The van der Waals surface area contributed by atoms with Crippen molar-refractivity contribution in [3.63, 3.8) is 0 Å². The van der Waals surface area contributed by atoms with Crippen LogP contribution < -0.4 is 5.32 Å². The van der Waals surface area contributed by atoms with Crippen LogP contribution in [0, 0.1) is 18.3 Å². The summed E-state index contributed by atoms with van der Waals surface area (Å²) in [6.45, 7) is 1.89. The smallest absolute Gasteiger partial charge is 0.0994 e. The van der Waals surface area contributed by atoms with E-state index in [2.05, 4.69) is 11.4 Å². The second-order valence-corrected chi connectivity index (χ2v) is 4.65. The Morgan fingerprint density at radius 3 is 2.61 bits per heavy atom. The van der Waals surface area contributed by atoms with Crippen molar-refractivity contribution in [1.82, 2.24) is 0 Å². The summed E-state index contributed by atoms with van der Waals surface area (Å²) in [7, 11) is 0. The highest BCUT2D eigenvalue weighted by Crippen LogP contribution is 2.32. The quantitative estimate of drug-likeness (QED) is 0.845. The molecule has 2 aromatic carbocycles. The molecular formula is C14H10Cl2N2. The molecule has 0 aromatic heterocycles. The van der Waals surface area contributed by atoms with E-state index in [0.717, 1.165) is 16.9 Å². The highest BCUT2D eigenvalue weighted by molar-refractivity contribution is 6.43. The lowest BCUT2D eigenvalue weighted by molar-refractivity contribution is 1.39. The Hall–Kier alpha value is -1.69. The van der Waals surface area contributed by atoms with Crippen LogP contribution in [0.2, 0.25) is 10.0 Å². The number of halogens is 2. The van der Waals surface area contributed by atoms with Crippen LogP contribution in [0.1, 0.15) is 11.1 Å². The van der Waals surface area contributed by atoms with Crippen molar-refractivity contribution in [3.05, 3.63) is 57.6 Å². The molecule has 0 saturated heterocycles. The van der Waals surface area contributed by atoms with Gasteiger partial charge < -0.3 is 5.32 Å². The average molecular weight is 277 g/mol. The topological polar surface area (TPSA) is 35.8 Å². The molecular weight excluding hydrogens is 267 g/mol. The number of nitrogens with one attached hydrogen (secondary N) is 1. The van der Waals surface area contributed by atoms with E-state index in [4.69, 9.17) is 28.5 Å². The number of hydrogen-bond donors (Lipinski definition) is 1. The number of benzene rings is 2. The van der Waals surface area contributed by atoms with Gasteiger partial charge in [-0.1, -0.05) is 29.3 Å². The summed E-state index contributed by atoms with van der Waals surface area (Å²) in [5, 5.41) is 13.0. The first-order valence-corrected chi connectivity index (χ1v) is 6.09. The molecule has 0 atom stereocenters. The molecule has 0 unspecified atom stereocenters. The maximum atomic E-state index is 8.87. The molecule has 0 aliphatic rings. The molecule has 0 fully saturated rings. The third-order valence-corrected chi connectivity index (χ3v) is 3.40. The lowest BCUT2D eigenvalue weighted by Crippen LogP contribution is -1.93. The zero-order valence-electron chi connectivity index (χ0n) is 9.67. The fourth-order valence-electron chi connectivity index (χ4n) is 1.62. The van der Waals surface area contributed by atoms with Crippen molar-refractivity contribution in [3.8, 4) is 6.07 Å². The van der Waals surface area contributed by atoms with Crippen LogP contribution in [-0.2, 0) is 0 Å². The van der Waals surface area contributed by atoms with Gasteiger partial charge in [-0.25, -0.2) is 0 Å². The molecule has 0 bridgehead atoms. The van der Waals surface area contributed by atoms with E-state index >= 15 is 0 Å². The van der Waals surface area contributed by atoms with Gasteiger partial charge in [0.05, 0.1) is 27.4 Å². The van der Waals surface area contributed by atoms with Gasteiger partial charge in [-0.15, -0.1) is 0 Å². The van der Waals surface area contributed by atoms with Crippen molar-refractivity contribution in [1.29, 1.82) is 5.26 Å². The van der Waals surface area contributed by atoms with E-state index in [1.54, 1.807) is 12.1 Å². The minimum Gasteiger partial charge on any atom is -0.354 e. The molecule has 0 radical (unpaired) electrons. The average Bonchev–Trinajstić information content (AvgIpc) is 2.35. The van der Waals surface area contributed by atoms with Crippen molar-refractivity contribution >= 4 is 34.6 Å². The Bertz CT molecular complexity index is 630. The molecule has 2 aromatic rings. The van der Waals surface area contributed by atoms with Crippen LogP contribution in [0.3, 0.4) is 0 Å². The summed E-state index contributed by atoms with van der Waals surface area (Å²) >= 11 is 12.0. The molecule has 2 rings (SSSR count). The fraction of sp³-hybridized carbons (Fsp3) is 0.0714. The largest absolute Gasteiger partial charge is 0.354 e. The van der Waals surface area contributed by atoms with E-state index < -0.39 is 0 Å². The molecule has 0 saturated carbocycles. The Morgan fingerprint density at radius 1 is 1.17 bits per heavy atom. The molecule has 18 heavy (non-hydrogen) atoms. The van der Waals surface area contributed by atoms with Crippen LogP contribution in [0.4, 0.5) is 11.4 Å². The molecule has 0 aliphatic carbocycles. The summed E-state index contributed by atoms with van der Waals surface area (Å²) in [5.74, 6) is 0. The third kappa shape index (κ3) is 2.59. The van der Waals surface area contributed by atoms with Crippen molar-refractivity contribution in [2.24, 2.45) is 0 Å². The Balaban J connectivity index is 2.32. The zero-order valence-corrected chi connectivity index (χ0v) is 11.2. The molecule has 0 amide bonds. The van der Waals surface area contributed by atoms with Crippen LogP contribution >= 0.6 is 23.2 Å². The first kappa shape index (κ1) is 12.8. The van der Waals surface area contributed by atoms with Gasteiger partial charge in [-0.3, -0.25) is 0 Å². The standard InChI is InChI=1S/C14H10Cl2N2/c1-9-7-11(6-5-10(9)8-17)18-13-4-2-3-12(15)14(13)16/h2-7,18H,1H3. The minimum atomic E-state index is 0.487. The highest BCUT2D eigenvalue weighted by Gasteiger charge is 2.05. The first-order valence-electron chi connectivity index (χ1n) is 5.33. The number of nitriles is 1. The Kier molecular flexibility index (Phi) is 3.76. The summed E-state index contributed by atoms with van der Waals surface area (Å²) in [5.41, 5.74) is 3.20. The van der Waals surface area contributed by atoms with Gasteiger partial charge in [0.25, 0.3) is 0 Å². The number of aryl methyl sites for hydroxylation is 1. The molecule has 90 valence electrons. The Morgan fingerprint density at radius 2 is 1.94 bits per heavy atom. The lowest BCUT2D eigenvalue weighted by atomic mass is 10.1. The van der Waals surface area contributed by atoms with Crippen molar-refractivity contribution < 1.29 is 0 Å². The van der Waals surface area contributed by atoms with Gasteiger partial charge in [-0.2, -0.15) is 5.26 Å². The molecule has 0 spiro atoms.